The lowest BCUT2D eigenvalue weighted by molar-refractivity contribution is 0.0592. The van der Waals surface area contributed by atoms with Crippen LogP contribution in [0.5, 0.6) is 5.75 Å². The number of carbonyl (C=O) groups excluding carboxylic acids is 2. The molecule has 0 spiro atoms. The Bertz CT molecular complexity index is 986. The molecule has 0 aromatic heterocycles. The van der Waals surface area contributed by atoms with Crippen LogP contribution in [0.3, 0.4) is 0 Å². The van der Waals surface area contributed by atoms with E-state index in [4.69, 9.17) is 9.57 Å². The van der Waals surface area contributed by atoms with E-state index in [1.807, 2.05) is 6.07 Å². The Kier molecular flexibility index (Phi) is 6.10. The van der Waals surface area contributed by atoms with Crippen LogP contribution in [0.15, 0.2) is 89.1 Å². The number of methoxy groups -OCH3 is 1. The van der Waals surface area contributed by atoms with Crippen molar-refractivity contribution in [2.24, 2.45) is 10.2 Å². The van der Waals surface area contributed by atoms with Crippen molar-refractivity contribution in [2.45, 2.75) is 0 Å². The van der Waals surface area contributed by atoms with Crippen LogP contribution in [0, 0.1) is 0 Å². The van der Waals surface area contributed by atoms with Crippen molar-refractivity contribution in [3.63, 3.8) is 0 Å². The topological polar surface area (TPSA) is 89.3 Å². The molecule has 140 valence electrons. The number of benzene rings is 3. The van der Waals surface area contributed by atoms with Crippen molar-refractivity contribution in [1.82, 2.24) is 0 Å². The van der Waals surface area contributed by atoms with E-state index in [2.05, 4.69) is 15.7 Å². The number of para-hydroxylation sites is 1. The number of nitrogens with zero attached hydrogens (tertiary/aromatic N) is 2. The maximum Gasteiger partial charge on any atom is 0.366 e. The van der Waals surface area contributed by atoms with Crippen LogP contribution in [-0.4, -0.2) is 19.0 Å². The number of hydrogen-bond acceptors (Lipinski definition) is 6. The molecule has 0 saturated heterocycles. The smallest absolute Gasteiger partial charge is 0.366 e. The summed E-state index contributed by atoms with van der Waals surface area (Å²) in [5.74, 6) is -0.573. The Balaban J connectivity index is 1.58. The number of azo groups is 1. The van der Waals surface area contributed by atoms with Gasteiger partial charge in [-0.15, -0.1) is 10.2 Å². The number of ether oxygens (including phenoxy) is 1. The first-order valence-electron chi connectivity index (χ1n) is 8.39. The van der Waals surface area contributed by atoms with E-state index in [0.717, 1.165) is 0 Å². The van der Waals surface area contributed by atoms with Gasteiger partial charge in [0.15, 0.2) is 0 Å². The number of rotatable bonds is 6. The van der Waals surface area contributed by atoms with Gasteiger partial charge in [0.05, 0.1) is 18.5 Å². The fraction of sp³-hybridized carbons (Fsp3) is 0.0476. The minimum absolute atomic E-state index is 0.308. The van der Waals surface area contributed by atoms with E-state index in [1.54, 1.807) is 72.8 Å². The maximum atomic E-state index is 12.1. The summed E-state index contributed by atoms with van der Waals surface area (Å²) in [5.41, 5.74) is 4.37. The zero-order valence-corrected chi connectivity index (χ0v) is 15.0. The number of anilines is 1. The number of carbonyl (C=O) groups is 2. The van der Waals surface area contributed by atoms with Gasteiger partial charge in [-0.3, -0.25) is 4.79 Å². The van der Waals surface area contributed by atoms with E-state index in [0.29, 0.717) is 28.3 Å². The van der Waals surface area contributed by atoms with Crippen LogP contribution in [0.2, 0.25) is 0 Å². The molecule has 0 radical (unpaired) electrons. The first-order valence-corrected chi connectivity index (χ1v) is 8.39. The number of hydrogen-bond donors (Lipinski definition) is 1. The summed E-state index contributed by atoms with van der Waals surface area (Å²) < 4.78 is 5.13. The predicted octanol–water partition coefficient (Wildman–Crippen LogP) is 4.80. The summed E-state index contributed by atoms with van der Waals surface area (Å²) >= 11 is 0. The lowest BCUT2D eigenvalue weighted by Gasteiger charge is -2.09. The van der Waals surface area contributed by atoms with Crippen LogP contribution in [0.25, 0.3) is 0 Å². The lowest BCUT2D eigenvalue weighted by Crippen LogP contribution is -2.11. The molecular formula is C21H17N3O4. The van der Waals surface area contributed by atoms with Gasteiger partial charge in [0.2, 0.25) is 0 Å². The first kappa shape index (κ1) is 18.8. The monoisotopic (exact) mass is 375 g/mol. The summed E-state index contributed by atoms with van der Waals surface area (Å²) in [6.07, 6.45) is 0. The van der Waals surface area contributed by atoms with Crippen LogP contribution < -0.4 is 10.2 Å². The van der Waals surface area contributed by atoms with Crippen molar-refractivity contribution in [3.8, 4) is 5.75 Å². The van der Waals surface area contributed by atoms with Gasteiger partial charge in [-0.1, -0.05) is 30.3 Å². The SMILES string of the molecule is COc1ccccc1C(=O)ONc1ccc(N=NC(=O)c2ccccc2)cc1. The molecule has 7 nitrogen and oxygen atoms in total. The van der Waals surface area contributed by atoms with Gasteiger partial charge >= 0.3 is 5.97 Å². The van der Waals surface area contributed by atoms with Gasteiger partial charge in [0.1, 0.15) is 11.3 Å². The van der Waals surface area contributed by atoms with Crippen molar-refractivity contribution in [3.05, 3.63) is 90.0 Å². The highest BCUT2D eigenvalue weighted by molar-refractivity contribution is 5.94. The second-order valence-corrected chi connectivity index (χ2v) is 5.61. The van der Waals surface area contributed by atoms with E-state index in [1.165, 1.54) is 7.11 Å². The highest BCUT2D eigenvalue weighted by Crippen LogP contribution is 2.20. The third-order valence-electron chi connectivity index (χ3n) is 3.73. The molecule has 7 heteroatoms. The van der Waals surface area contributed by atoms with Crippen LogP contribution in [0.1, 0.15) is 20.7 Å². The van der Waals surface area contributed by atoms with E-state index >= 15 is 0 Å². The summed E-state index contributed by atoms with van der Waals surface area (Å²) in [5, 5.41) is 7.61. The van der Waals surface area contributed by atoms with Crippen LogP contribution >= 0.6 is 0 Å². The van der Waals surface area contributed by atoms with Gasteiger partial charge in [0, 0.05) is 5.56 Å². The molecule has 0 fully saturated rings. The third-order valence-corrected chi connectivity index (χ3v) is 3.73. The highest BCUT2D eigenvalue weighted by atomic mass is 16.7. The Morgan fingerprint density at radius 2 is 1.54 bits per heavy atom. The highest BCUT2D eigenvalue weighted by Gasteiger charge is 2.13. The van der Waals surface area contributed by atoms with Crippen molar-refractivity contribution < 1.29 is 19.2 Å². The Labute approximate surface area is 161 Å². The van der Waals surface area contributed by atoms with Gasteiger partial charge in [-0.25, -0.2) is 10.3 Å². The molecule has 3 rings (SSSR count). The molecule has 0 aliphatic rings. The maximum absolute atomic E-state index is 12.1. The zero-order valence-electron chi connectivity index (χ0n) is 15.0. The summed E-state index contributed by atoms with van der Waals surface area (Å²) in [7, 11) is 1.48. The molecule has 0 aliphatic carbocycles. The molecule has 3 aromatic rings. The predicted molar refractivity (Wildman–Crippen MR) is 104 cm³/mol. The zero-order chi connectivity index (χ0) is 19.8. The fourth-order valence-electron chi connectivity index (χ4n) is 2.31. The Morgan fingerprint density at radius 3 is 2.25 bits per heavy atom. The van der Waals surface area contributed by atoms with Gasteiger partial charge in [-0.2, -0.15) is 0 Å². The van der Waals surface area contributed by atoms with Crippen LogP contribution in [0.4, 0.5) is 11.4 Å². The molecular weight excluding hydrogens is 358 g/mol. The summed E-state index contributed by atoms with van der Waals surface area (Å²) in [6, 6.07) is 22.0. The minimum atomic E-state index is -0.574. The summed E-state index contributed by atoms with van der Waals surface area (Å²) in [4.78, 5) is 29.1. The number of nitrogens with one attached hydrogen (secondary N) is 1. The molecule has 0 aliphatic heterocycles. The van der Waals surface area contributed by atoms with Crippen LogP contribution in [-0.2, 0) is 4.84 Å². The van der Waals surface area contributed by atoms with E-state index in [-0.39, 0.29) is 0 Å². The van der Waals surface area contributed by atoms with Gasteiger partial charge in [-0.05, 0) is 48.5 Å². The van der Waals surface area contributed by atoms with Crippen molar-refractivity contribution >= 4 is 23.3 Å². The summed E-state index contributed by atoms with van der Waals surface area (Å²) in [6.45, 7) is 0. The van der Waals surface area contributed by atoms with Gasteiger partial charge in [0.25, 0.3) is 5.91 Å². The third kappa shape index (κ3) is 4.79. The van der Waals surface area contributed by atoms with E-state index in [9.17, 15) is 9.59 Å². The quantitative estimate of drug-likeness (QED) is 0.494. The normalized spacial score (nSPS) is 10.5. The lowest BCUT2D eigenvalue weighted by atomic mass is 10.2. The standard InChI is InChI=1S/C21H17N3O4/c1-27-19-10-6-5-9-18(19)21(26)28-24-17-13-11-16(12-14-17)22-23-20(25)15-7-3-2-4-8-15/h2-14,24H,1H3. The molecule has 28 heavy (non-hydrogen) atoms. The molecule has 1 N–H and O–H groups in total. The molecule has 0 atom stereocenters. The minimum Gasteiger partial charge on any atom is -0.496 e. The molecule has 3 aromatic carbocycles. The largest absolute Gasteiger partial charge is 0.496 e. The molecule has 0 bridgehead atoms. The molecule has 0 unspecified atom stereocenters. The van der Waals surface area contributed by atoms with Gasteiger partial charge < -0.3 is 9.57 Å². The Hall–Kier alpha value is -4.00. The molecule has 0 heterocycles. The van der Waals surface area contributed by atoms with E-state index < -0.39 is 11.9 Å². The van der Waals surface area contributed by atoms with Crippen molar-refractivity contribution in [2.75, 3.05) is 12.6 Å². The Morgan fingerprint density at radius 1 is 0.857 bits per heavy atom. The second-order valence-electron chi connectivity index (χ2n) is 5.61. The number of amides is 1. The fourth-order valence-corrected chi connectivity index (χ4v) is 2.31. The first-order chi connectivity index (χ1) is 13.7. The van der Waals surface area contributed by atoms with Crippen molar-refractivity contribution in [1.29, 1.82) is 0 Å². The molecule has 0 saturated carbocycles. The second kappa shape index (κ2) is 9.09. The average Bonchev–Trinajstić information content (AvgIpc) is 2.77. The molecule has 1 amide bonds. The average molecular weight is 375 g/mol.